The largest absolute Gasteiger partial charge is 0.399 e. The Bertz CT molecular complexity index is 646. The van der Waals surface area contributed by atoms with Gasteiger partial charge in [0.2, 0.25) is 5.91 Å². The Morgan fingerprint density at radius 1 is 1.05 bits per heavy atom. The van der Waals surface area contributed by atoms with E-state index in [2.05, 4.69) is 5.32 Å². The van der Waals surface area contributed by atoms with Crippen LogP contribution in [-0.4, -0.2) is 5.91 Å². The van der Waals surface area contributed by atoms with E-state index < -0.39 is 5.41 Å². The third-order valence-electron chi connectivity index (χ3n) is 3.32. The van der Waals surface area contributed by atoms with Crippen LogP contribution in [0.15, 0.2) is 42.5 Å². The Morgan fingerprint density at radius 2 is 1.57 bits per heavy atom. The molecule has 0 aliphatic heterocycles. The highest BCUT2D eigenvalue weighted by atomic mass is 35.5. The van der Waals surface area contributed by atoms with Crippen LogP contribution in [0.5, 0.6) is 0 Å². The Hall–Kier alpha value is -1.71. The number of halogens is 2. The van der Waals surface area contributed by atoms with Gasteiger partial charge in [0.25, 0.3) is 0 Å². The number of hydrogen-bond donors (Lipinski definition) is 2. The standard InChI is InChI=1S/C16H16Cl2N2O/c1-16(2,10-3-5-13(19)6-4-10)15(21)20-14-8-11(17)7-12(18)9-14/h3-9H,19H2,1-2H3,(H,20,21). The van der Waals surface area contributed by atoms with Gasteiger partial charge >= 0.3 is 0 Å². The van der Waals surface area contributed by atoms with Gasteiger partial charge in [-0.05, 0) is 49.7 Å². The predicted octanol–water partition coefficient (Wildman–Crippen LogP) is 4.49. The van der Waals surface area contributed by atoms with Crippen LogP contribution in [-0.2, 0) is 10.2 Å². The molecule has 0 fully saturated rings. The number of nitrogen functional groups attached to an aromatic ring is 1. The van der Waals surface area contributed by atoms with Crippen molar-refractivity contribution in [3.63, 3.8) is 0 Å². The minimum atomic E-state index is -0.706. The summed E-state index contributed by atoms with van der Waals surface area (Å²) < 4.78 is 0. The Balaban J connectivity index is 2.23. The molecule has 0 unspecified atom stereocenters. The molecule has 21 heavy (non-hydrogen) atoms. The van der Waals surface area contributed by atoms with E-state index in [0.717, 1.165) is 5.56 Å². The average Bonchev–Trinajstić information content (AvgIpc) is 2.37. The molecule has 0 saturated carbocycles. The Kier molecular flexibility index (Phi) is 4.45. The van der Waals surface area contributed by atoms with Crippen LogP contribution in [0, 0.1) is 0 Å². The summed E-state index contributed by atoms with van der Waals surface area (Å²) in [6.07, 6.45) is 0. The molecular formula is C16H16Cl2N2O. The van der Waals surface area contributed by atoms with E-state index in [9.17, 15) is 4.79 Å². The SMILES string of the molecule is CC(C)(C(=O)Nc1cc(Cl)cc(Cl)c1)c1ccc(N)cc1. The zero-order valence-electron chi connectivity index (χ0n) is 11.8. The second kappa shape index (κ2) is 5.96. The number of carbonyl (C=O) groups excluding carboxylic acids is 1. The van der Waals surface area contributed by atoms with E-state index in [1.807, 2.05) is 26.0 Å². The molecule has 3 nitrogen and oxygen atoms in total. The number of hydrogen-bond acceptors (Lipinski definition) is 2. The quantitative estimate of drug-likeness (QED) is 0.818. The first kappa shape index (κ1) is 15.7. The first-order valence-electron chi connectivity index (χ1n) is 6.42. The number of amides is 1. The monoisotopic (exact) mass is 322 g/mol. The van der Waals surface area contributed by atoms with Gasteiger partial charge in [-0.25, -0.2) is 0 Å². The van der Waals surface area contributed by atoms with E-state index in [1.54, 1.807) is 30.3 Å². The van der Waals surface area contributed by atoms with Gasteiger partial charge in [0, 0.05) is 21.4 Å². The van der Waals surface area contributed by atoms with Crippen molar-refractivity contribution < 1.29 is 4.79 Å². The van der Waals surface area contributed by atoms with Gasteiger partial charge < -0.3 is 11.1 Å². The molecular weight excluding hydrogens is 307 g/mol. The zero-order chi connectivity index (χ0) is 15.6. The minimum Gasteiger partial charge on any atom is -0.399 e. The number of nitrogens with one attached hydrogen (secondary N) is 1. The van der Waals surface area contributed by atoms with E-state index in [0.29, 0.717) is 21.4 Å². The lowest BCUT2D eigenvalue weighted by molar-refractivity contribution is -0.120. The molecule has 110 valence electrons. The molecule has 0 heterocycles. The fourth-order valence-electron chi connectivity index (χ4n) is 1.94. The van der Waals surface area contributed by atoms with Crippen LogP contribution in [0.4, 0.5) is 11.4 Å². The number of carbonyl (C=O) groups is 1. The van der Waals surface area contributed by atoms with E-state index >= 15 is 0 Å². The molecule has 0 saturated heterocycles. The lowest BCUT2D eigenvalue weighted by atomic mass is 9.83. The molecule has 0 bridgehead atoms. The third kappa shape index (κ3) is 3.69. The normalized spacial score (nSPS) is 11.2. The van der Waals surface area contributed by atoms with Crippen LogP contribution < -0.4 is 11.1 Å². The fraction of sp³-hybridized carbons (Fsp3) is 0.188. The molecule has 2 aromatic carbocycles. The molecule has 0 spiro atoms. The summed E-state index contributed by atoms with van der Waals surface area (Å²) in [5.41, 5.74) is 7.08. The molecule has 0 aliphatic rings. The average molecular weight is 323 g/mol. The summed E-state index contributed by atoms with van der Waals surface area (Å²) in [6.45, 7) is 3.69. The second-order valence-electron chi connectivity index (χ2n) is 5.36. The summed E-state index contributed by atoms with van der Waals surface area (Å²) in [5.74, 6) is -0.148. The fourth-order valence-corrected chi connectivity index (χ4v) is 2.47. The van der Waals surface area contributed by atoms with Crippen molar-refractivity contribution in [3.8, 4) is 0 Å². The van der Waals surface area contributed by atoms with Gasteiger partial charge in [0.15, 0.2) is 0 Å². The first-order chi connectivity index (χ1) is 9.79. The number of rotatable bonds is 3. The molecule has 3 N–H and O–H groups in total. The highest BCUT2D eigenvalue weighted by Crippen LogP contribution is 2.28. The zero-order valence-corrected chi connectivity index (χ0v) is 13.3. The maximum Gasteiger partial charge on any atom is 0.234 e. The first-order valence-corrected chi connectivity index (χ1v) is 7.18. The minimum absolute atomic E-state index is 0.148. The number of nitrogens with two attached hydrogens (primary N) is 1. The van der Waals surface area contributed by atoms with E-state index in [1.165, 1.54) is 0 Å². The molecule has 0 aliphatic carbocycles. The van der Waals surface area contributed by atoms with Crippen molar-refractivity contribution in [3.05, 3.63) is 58.1 Å². The van der Waals surface area contributed by atoms with Crippen LogP contribution in [0.25, 0.3) is 0 Å². The van der Waals surface area contributed by atoms with Crippen molar-refractivity contribution in [2.24, 2.45) is 0 Å². The van der Waals surface area contributed by atoms with Crippen molar-refractivity contribution in [2.75, 3.05) is 11.1 Å². The topological polar surface area (TPSA) is 55.1 Å². The summed E-state index contributed by atoms with van der Waals surface area (Å²) in [7, 11) is 0. The summed E-state index contributed by atoms with van der Waals surface area (Å²) in [6, 6.07) is 12.2. The van der Waals surface area contributed by atoms with Gasteiger partial charge in [-0.15, -0.1) is 0 Å². The van der Waals surface area contributed by atoms with Crippen LogP contribution in [0.1, 0.15) is 19.4 Å². The van der Waals surface area contributed by atoms with Crippen LogP contribution >= 0.6 is 23.2 Å². The van der Waals surface area contributed by atoms with Gasteiger partial charge in [0.05, 0.1) is 5.41 Å². The van der Waals surface area contributed by atoms with Gasteiger partial charge in [-0.2, -0.15) is 0 Å². The maximum absolute atomic E-state index is 12.5. The van der Waals surface area contributed by atoms with Crippen molar-refractivity contribution in [1.29, 1.82) is 0 Å². The lowest BCUT2D eigenvalue weighted by Crippen LogP contribution is -2.34. The molecule has 0 aromatic heterocycles. The van der Waals surface area contributed by atoms with E-state index in [-0.39, 0.29) is 5.91 Å². The van der Waals surface area contributed by atoms with E-state index in [4.69, 9.17) is 28.9 Å². The predicted molar refractivity (Wildman–Crippen MR) is 89.0 cm³/mol. The van der Waals surface area contributed by atoms with Crippen molar-refractivity contribution in [1.82, 2.24) is 0 Å². The van der Waals surface area contributed by atoms with Crippen LogP contribution in [0.2, 0.25) is 10.0 Å². The molecule has 5 heteroatoms. The lowest BCUT2D eigenvalue weighted by Gasteiger charge is -2.24. The Labute approximate surface area is 134 Å². The summed E-state index contributed by atoms with van der Waals surface area (Å²) in [5, 5.41) is 3.79. The summed E-state index contributed by atoms with van der Waals surface area (Å²) >= 11 is 11.9. The van der Waals surface area contributed by atoms with Gasteiger partial charge in [-0.1, -0.05) is 35.3 Å². The van der Waals surface area contributed by atoms with Crippen LogP contribution in [0.3, 0.4) is 0 Å². The van der Waals surface area contributed by atoms with Gasteiger partial charge in [0.1, 0.15) is 0 Å². The molecule has 0 radical (unpaired) electrons. The van der Waals surface area contributed by atoms with Gasteiger partial charge in [-0.3, -0.25) is 4.79 Å². The highest BCUT2D eigenvalue weighted by molar-refractivity contribution is 6.35. The molecule has 1 amide bonds. The van der Waals surface area contributed by atoms with Crippen molar-refractivity contribution >= 4 is 40.5 Å². The van der Waals surface area contributed by atoms with Crippen molar-refractivity contribution in [2.45, 2.75) is 19.3 Å². The molecule has 2 rings (SSSR count). The Morgan fingerprint density at radius 3 is 2.10 bits per heavy atom. The highest BCUT2D eigenvalue weighted by Gasteiger charge is 2.29. The molecule has 0 atom stereocenters. The maximum atomic E-state index is 12.5. The number of anilines is 2. The summed E-state index contributed by atoms with van der Waals surface area (Å²) in [4.78, 5) is 12.5. The second-order valence-corrected chi connectivity index (χ2v) is 6.23. The number of benzene rings is 2. The molecule has 2 aromatic rings. The third-order valence-corrected chi connectivity index (χ3v) is 3.76. The smallest absolute Gasteiger partial charge is 0.234 e.